The second-order valence-electron chi connectivity index (χ2n) is 9.11. The highest BCUT2D eigenvalue weighted by molar-refractivity contribution is 7.86. The van der Waals surface area contributed by atoms with Gasteiger partial charge in [0.1, 0.15) is 11.6 Å². The van der Waals surface area contributed by atoms with Crippen LogP contribution in [0.25, 0.3) is 6.08 Å². The van der Waals surface area contributed by atoms with E-state index in [-0.39, 0.29) is 24.6 Å². The van der Waals surface area contributed by atoms with Gasteiger partial charge in [-0.05, 0) is 57.2 Å². The van der Waals surface area contributed by atoms with E-state index < -0.39 is 10.2 Å². The Morgan fingerprint density at radius 3 is 2.16 bits per heavy atom. The highest BCUT2D eigenvalue weighted by Gasteiger charge is 2.34. The molecule has 0 bridgehead atoms. The van der Waals surface area contributed by atoms with Crippen molar-refractivity contribution in [2.45, 2.75) is 58.4 Å². The molecule has 3 aliphatic rings. The summed E-state index contributed by atoms with van der Waals surface area (Å²) in [5.41, 5.74) is 3.23. The minimum atomic E-state index is -3.50. The number of nitriles is 1. The smallest absolute Gasteiger partial charge is 0.282 e. The fraction of sp³-hybridized carbons (Fsp3) is 0.652. The Labute approximate surface area is 191 Å². The van der Waals surface area contributed by atoms with Crippen molar-refractivity contribution in [2.24, 2.45) is 0 Å². The lowest BCUT2D eigenvalue weighted by atomic mass is 10.1. The van der Waals surface area contributed by atoms with Gasteiger partial charge < -0.3 is 9.47 Å². The third-order valence-electron chi connectivity index (χ3n) is 6.83. The second kappa shape index (κ2) is 9.38. The molecule has 8 nitrogen and oxygen atoms in total. The Morgan fingerprint density at radius 1 is 1.00 bits per heavy atom. The van der Waals surface area contributed by atoms with E-state index in [4.69, 9.17) is 0 Å². The summed E-state index contributed by atoms with van der Waals surface area (Å²) >= 11 is 0. The van der Waals surface area contributed by atoms with Crippen LogP contribution in [0.4, 0.5) is 0 Å². The Morgan fingerprint density at radius 2 is 1.59 bits per heavy atom. The summed E-state index contributed by atoms with van der Waals surface area (Å²) in [5.74, 6) is -0.324. The standard InChI is InChI=1S/C23H33N5O3S/c1-18-15-20(19(2)28(18)22-7-8-22)16-21(17-24)23(29)25-11-13-27(14-12-25)32(30,31)26-9-5-3-4-6-10-26/h15-16,22H,3-14H2,1-2H3/b21-16+. The number of aryl methyl sites for hydroxylation is 1. The van der Waals surface area contributed by atoms with Crippen molar-refractivity contribution in [3.63, 3.8) is 0 Å². The van der Waals surface area contributed by atoms with Crippen LogP contribution in [0.15, 0.2) is 11.6 Å². The van der Waals surface area contributed by atoms with Gasteiger partial charge in [-0.1, -0.05) is 12.8 Å². The fourth-order valence-corrected chi connectivity index (χ4v) is 6.54. The van der Waals surface area contributed by atoms with Crippen LogP contribution in [-0.4, -0.2) is 71.7 Å². The van der Waals surface area contributed by atoms with E-state index in [1.807, 2.05) is 13.0 Å². The second-order valence-corrected chi connectivity index (χ2v) is 11.0. The maximum absolute atomic E-state index is 13.0. The summed E-state index contributed by atoms with van der Waals surface area (Å²) < 4.78 is 31.4. The first-order valence-electron chi connectivity index (χ1n) is 11.7. The fourth-order valence-electron chi connectivity index (χ4n) is 4.87. The minimum Gasteiger partial charge on any atom is -0.346 e. The Bertz CT molecular complexity index is 1030. The predicted octanol–water partition coefficient (Wildman–Crippen LogP) is 2.61. The normalized spacial score (nSPS) is 21.9. The summed E-state index contributed by atoms with van der Waals surface area (Å²) in [6.45, 7) is 6.35. The molecule has 0 radical (unpaired) electrons. The molecule has 3 fully saturated rings. The lowest BCUT2D eigenvalue weighted by Gasteiger charge is -2.36. The first-order valence-corrected chi connectivity index (χ1v) is 13.1. The third-order valence-corrected chi connectivity index (χ3v) is 8.87. The number of carbonyl (C=O) groups is 1. The Kier molecular flexibility index (Phi) is 6.75. The van der Waals surface area contributed by atoms with Crippen molar-refractivity contribution in [3.05, 3.63) is 28.6 Å². The lowest BCUT2D eigenvalue weighted by Crippen LogP contribution is -2.54. The molecule has 4 rings (SSSR count). The van der Waals surface area contributed by atoms with Crippen molar-refractivity contribution in [1.82, 2.24) is 18.1 Å². The van der Waals surface area contributed by atoms with Crippen molar-refractivity contribution in [2.75, 3.05) is 39.3 Å². The molecule has 0 aromatic carbocycles. The van der Waals surface area contributed by atoms with Gasteiger partial charge in [-0.2, -0.15) is 22.3 Å². The van der Waals surface area contributed by atoms with Crippen LogP contribution in [0.1, 0.15) is 61.5 Å². The molecule has 0 N–H and O–H groups in total. The maximum atomic E-state index is 13.0. The first-order chi connectivity index (χ1) is 15.3. The zero-order valence-corrected chi connectivity index (χ0v) is 19.9. The average Bonchev–Trinajstić information content (AvgIpc) is 3.60. The van der Waals surface area contributed by atoms with Crippen LogP contribution in [-0.2, 0) is 15.0 Å². The summed E-state index contributed by atoms with van der Waals surface area (Å²) in [6, 6.07) is 4.64. The van der Waals surface area contributed by atoms with Crippen LogP contribution in [0.5, 0.6) is 0 Å². The van der Waals surface area contributed by atoms with E-state index in [2.05, 4.69) is 17.6 Å². The molecule has 1 saturated carbocycles. The van der Waals surface area contributed by atoms with Gasteiger partial charge in [0, 0.05) is 56.7 Å². The van der Waals surface area contributed by atoms with Crippen molar-refractivity contribution >= 4 is 22.2 Å². The molecule has 1 aromatic rings. The molecule has 0 atom stereocenters. The summed E-state index contributed by atoms with van der Waals surface area (Å²) in [6.07, 6.45) is 7.97. The first kappa shape index (κ1) is 23.0. The molecule has 2 aliphatic heterocycles. The molecule has 0 unspecified atom stereocenters. The monoisotopic (exact) mass is 459 g/mol. The SMILES string of the molecule is Cc1cc(/C=C(\C#N)C(=O)N2CCN(S(=O)(=O)N3CCCCCC3)CC2)c(C)n1C1CC1. The summed E-state index contributed by atoms with van der Waals surface area (Å²) in [4.78, 5) is 14.6. The van der Waals surface area contributed by atoms with E-state index in [0.717, 1.165) is 42.6 Å². The van der Waals surface area contributed by atoms with Crippen LogP contribution in [0, 0.1) is 25.2 Å². The molecule has 1 aromatic heterocycles. The van der Waals surface area contributed by atoms with Gasteiger partial charge in [-0.15, -0.1) is 0 Å². The van der Waals surface area contributed by atoms with E-state index in [0.29, 0.717) is 32.2 Å². The van der Waals surface area contributed by atoms with Crippen LogP contribution in [0.2, 0.25) is 0 Å². The van der Waals surface area contributed by atoms with Gasteiger partial charge in [-0.25, -0.2) is 0 Å². The van der Waals surface area contributed by atoms with E-state index in [1.165, 1.54) is 17.1 Å². The minimum absolute atomic E-state index is 0.102. The van der Waals surface area contributed by atoms with Crippen molar-refractivity contribution < 1.29 is 13.2 Å². The van der Waals surface area contributed by atoms with Gasteiger partial charge in [0.2, 0.25) is 0 Å². The highest BCUT2D eigenvalue weighted by Crippen LogP contribution is 2.38. The number of nitrogens with zero attached hydrogens (tertiary/aromatic N) is 5. The molecule has 1 aliphatic carbocycles. The highest BCUT2D eigenvalue weighted by atomic mass is 32.2. The van der Waals surface area contributed by atoms with Gasteiger partial charge in [0.05, 0.1) is 0 Å². The summed E-state index contributed by atoms with van der Waals surface area (Å²) in [7, 11) is -3.50. The zero-order chi connectivity index (χ0) is 22.9. The van der Waals surface area contributed by atoms with Crippen LogP contribution < -0.4 is 0 Å². The molecule has 32 heavy (non-hydrogen) atoms. The predicted molar refractivity (Wildman–Crippen MR) is 123 cm³/mol. The number of aromatic nitrogens is 1. The molecular weight excluding hydrogens is 426 g/mol. The topological polar surface area (TPSA) is 89.6 Å². The molecule has 1 amide bonds. The molecular formula is C23H33N5O3S. The largest absolute Gasteiger partial charge is 0.346 e. The number of carbonyl (C=O) groups excluding carboxylic acids is 1. The number of piperazine rings is 1. The Hall–Kier alpha value is -2.15. The van der Waals surface area contributed by atoms with Gasteiger partial charge in [0.15, 0.2) is 0 Å². The van der Waals surface area contributed by atoms with Crippen molar-refractivity contribution in [1.29, 1.82) is 5.26 Å². The molecule has 0 spiro atoms. The quantitative estimate of drug-likeness (QED) is 0.500. The number of amides is 1. The lowest BCUT2D eigenvalue weighted by molar-refractivity contribution is -0.127. The zero-order valence-electron chi connectivity index (χ0n) is 19.1. The number of hydrogen-bond acceptors (Lipinski definition) is 4. The number of rotatable bonds is 5. The van der Waals surface area contributed by atoms with Crippen LogP contribution in [0.3, 0.4) is 0 Å². The van der Waals surface area contributed by atoms with Gasteiger partial charge >= 0.3 is 0 Å². The van der Waals surface area contributed by atoms with Crippen molar-refractivity contribution in [3.8, 4) is 6.07 Å². The van der Waals surface area contributed by atoms with Gasteiger partial charge in [0.25, 0.3) is 16.1 Å². The van der Waals surface area contributed by atoms with E-state index >= 15 is 0 Å². The molecule has 2 saturated heterocycles. The van der Waals surface area contributed by atoms with Crippen LogP contribution >= 0.6 is 0 Å². The van der Waals surface area contributed by atoms with E-state index in [9.17, 15) is 18.5 Å². The molecule has 3 heterocycles. The molecule has 9 heteroatoms. The summed E-state index contributed by atoms with van der Waals surface area (Å²) in [5, 5.41) is 9.67. The van der Waals surface area contributed by atoms with E-state index in [1.54, 1.807) is 15.3 Å². The average molecular weight is 460 g/mol. The maximum Gasteiger partial charge on any atom is 0.282 e. The van der Waals surface area contributed by atoms with Gasteiger partial charge in [-0.3, -0.25) is 4.79 Å². The third kappa shape index (κ3) is 4.63. The number of hydrogen-bond donors (Lipinski definition) is 0. The Balaban J connectivity index is 1.43. The molecule has 174 valence electrons.